The standard InChI is InChI=1S/C17H18N2O2/c1-12-8-10-15(11-9-12)19-17(18-13(2)20)16(21)14-6-4-3-5-7-14/h3-11,17,19H,1-2H3,(H,18,20)/t17-/m1/s1. The van der Waals surface area contributed by atoms with Gasteiger partial charge in [0, 0.05) is 18.2 Å². The van der Waals surface area contributed by atoms with Crippen molar-refractivity contribution in [2.24, 2.45) is 0 Å². The topological polar surface area (TPSA) is 58.2 Å². The number of benzene rings is 2. The molecule has 2 aromatic rings. The third-order valence-electron chi connectivity index (χ3n) is 3.03. The van der Waals surface area contributed by atoms with E-state index >= 15 is 0 Å². The fourth-order valence-corrected chi connectivity index (χ4v) is 1.96. The molecule has 0 radical (unpaired) electrons. The van der Waals surface area contributed by atoms with Crippen molar-refractivity contribution in [1.29, 1.82) is 0 Å². The molecule has 0 saturated heterocycles. The quantitative estimate of drug-likeness (QED) is 0.655. The summed E-state index contributed by atoms with van der Waals surface area (Å²) in [6.07, 6.45) is -0.785. The molecule has 2 N–H and O–H groups in total. The van der Waals surface area contributed by atoms with Gasteiger partial charge in [-0.3, -0.25) is 9.59 Å². The fraction of sp³-hybridized carbons (Fsp3) is 0.176. The molecule has 0 heterocycles. The Kier molecular flexibility index (Phi) is 4.72. The number of hydrogen-bond acceptors (Lipinski definition) is 3. The molecular formula is C17H18N2O2. The number of hydrogen-bond donors (Lipinski definition) is 2. The van der Waals surface area contributed by atoms with E-state index in [1.165, 1.54) is 6.92 Å². The van der Waals surface area contributed by atoms with Crippen LogP contribution in [0.2, 0.25) is 0 Å². The van der Waals surface area contributed by atoms with Gasteiger partial charge in [0.1, 0.15) is 0 Å². The number of carbonyl (C=O) groups excluding carboxylic acids is 2. The lowest BCUT2D eigenvalue weighted by Gasteiger charge is -2.19. The van der Waals surface area contributed by atoms with Crippen LogP contribution in [0.25, 0.3) is 0 Å². The summed E-state index contributed by atoms with van der Waals surface area (Å²) in [5.74, 6) is -0.435. The van der Waals surface area contributed by atoms with Crippen LogP contribution < -0.4 is 10.6 Å². The Morgan fingerprint density at radius 2 is 1.57 bits per heavy atom. The predicted octanol–water partition coefficient (Wildman–Crippen LogP) is 2.75. The molecule has 0 unspecified atom stereocenters. The van der Waals surface area contributed by atoms with Gasteiger partial charge in [0.05, 0.1) is 0 Å². The zero-order valence-electron chi connectivity index (χ0n) is 12.1. The zero-order chi connectivity index (χ0) is 15.2. The minimum absolute atomic E-state index is 0.175. The second kappa shape index (κ2) is 6.70. The van der Waals surface area contributed by atoms with Crippen molar-refractivity contribution in [3.05, 3.63) is 65.7 Å². The average molecular weight is 282 g/mol. The van der Waals surface area contributed by atoms with Crippen LogP contribution in [0.5, 0.6) is 0 Å². The highest BCUT2D eigenvalue weighted by atomic mass is 16.2. The van der Waals surface area contributed by atoms with Crippen molar-refractivity contribution in [1.82, 2.24) is 5.32 Å². The van der Waals surface area contributed by atoms with Crippen LogP contribution in [0.15, 0.2) is 54.6 Å². The monoisotopic (exact) mass is 282 g/mol. The minimum Gasteiger partial charge on any atom is -0.359 e. The Balaban J connectivity index is 2.20. The smallest absolute Gasteiger partial charge is 0.218 e. The van der Waals surface area contributed by atoms with E-state index in [-0.39, 0.29) is 11.7 Å². The molecular weight excluding hydrogens is 264 g/mol. The SMILES string of the molecule is CC(=O)N[C@H](Nc1ccc(C)cc1)C(=O)c1ccccc1. The first-order valence-electron chi connectivity index (χ1n) is 6.76. The van der Waals surface area contributed by atoms with Crippen LogP contribution >= 0.6 is 0 Å². The van der Waals surface area contributed by atoms with Gasteiger partial charge >= 0.3 is 0 Å². The summed E-state index contributed by atoms with van der Waals surface area (Å²) >= 11 is 0. The molecule has 0 aromatic heterocycles. The summed E-state index contributed by atoms with van der Waals surface area (Å²) in [7, 11) is 0. The molecule has 1 atom stereocenters. The number of anilines is 1. The van der Waals surface area contributed by atoms with Gasteiger partial charge < -0.3 is 10.6 Å². The van der Waals surface area contributed by atoms with E-state index in [9.17, 15) is 9.59 Å². The van der Waals surface area contributed by atoms with Crippen molar-refractivity contribution in [2.75, 3.05) is 5.32 Å². The van der Waals surface area contributed by atoms with E-state index in [0.717, 1.165) is 11.3 Å². The van der Waals surface area contributed by atoms with Crippen LogP contribution in [0.4, 0.5) is 5.69 Å². The van der Waals surface area contributed by atoms with Gasteiger partial charge in [-0.2, -0.15) is 0 Å². The van der Waals surface area contributed by atoms with E-state index in [1.54, 1.807) is 24.3 Å². The summed E-state index contributed by atoms with van der Waals surface area (Å²) in [4.78, 5) is 23.8. The van der Waals surface area contributed by atoms with E-state index in [0.29, 0.717) is 5.56 Å². The van der Waals surface area contributed by atoms with E-state index < -0.39 is 6.17 Å². The molecule has 0 aliphatic heterocycles. The third-order valence-corrected chi connectivity index (χ3v) is 3.03. The Hall–Kier alpha value is -2.62. The second-order valence-electron chi connectivity index (χ2n) is 4.87. The van der Waals surface area contributed by atoms with Gasteiger partial charge in [0.2, 0.25) is 11.7 Å². The van der Waals surface area contributed by atoms with Crippen LogP contribution in [-0.4, -0.2) is 17.9 Å². The summed E-state index contributed by atoms with van der Waals surface area (Å²) in [6, 6.07) is 16.5. The lowest BCUT2D eigenvalue weighted by molar-refractivity contribution is -0.119. The van der Waals surface area contributed by atoms with Crippen LogP contribution in [0, 0.1) is 6.92 Å². The first-order chi connectivity index (χ1) is 10.1. The number of ketones is 1. The summed E-state index contributed by atoms with van der Waals surface area (Å²) in [5, 5.41) is 5.70. The van der Waals surface area contributed by atoms with Crippen LogP contribution in [0.3, 0.4) is 0 Å². The largest absolute Gasteiger partial charge is 0.359 e. The maximum Gasteiger partial charge on any atom is 0.218 e. The maximum atomic E-state index is 12.5. The van der Waals surface area contributed by atoms with Crippen molar-refractivity contribution in [2.45, 2.75) is 20.0 Å². The predicted molar refractivity (Wildman–Crippen MR) is 83.2 cm³/mol. The summed E-state index contributed by atoms with van der Waals surface area (Å²) in [6.45, 7) is 3.38. The molecule has 0 aliphatic rings. The number of amides is 1. The minimum atomic E-state index is -0.785. The fourth-order valence-electron chi connectivity index (χ4n) is 1.96. The molecule has 1 amide bonds. The van der Waals surface area contributed by atoms with E-state index in [1.807, 2.05) is 37.3 Å². The van der Waals surface area contributed by atoms with Crippen molar-refractivity contribution in [3.8, 4) is 0 Å². The first-order valence-corrected chi connectivity index (χ1v) is 6.76. The molecule has 2 aromatic carbocycles. The normalized spacial score (nSPS) is 11.5. The van der Waals surface area contributed by atoms with Crippen LogP contribution in [-0.2, 0) is 4.79 Å². The van der Waals surface area contributed by atoms with Crippen molar-refractivity contribution < 1.29 is 9.59 Å². The number of rotatable bonds is 5. The molecule has 0 bridgehead atoms. The highest BCUT2D eigenvalue weighted by molar-refractivity contribution is 6.03. The zero-order valence-corrected chi connectivity index (χ0v) is 12.1. The molecule has 0 aliphatic carbocycles. The Morgan fingerprint density at radius 1 is 0.952 bits per heavy atom. The number of aryl methyl sites for hydroxylation is 1. The van der Waals surface area contributed by atoms with Gasteiger partial charge in [0.15, 0.2) is 6.17 Å². The van der Waals surface area contributed by atoms with Crippen molar-refractivity contribution >= 4 is 17.4 Å². The molecule has 21 heavy (non-hydrogen) atoms. The molecule has 0 saturated carbocycles. The van der Waals surface area contributed by atoms with E-state index in [2.05, 4.69) is 10.6 Å². The molecule has 108 valence electrons. The highest BCUT2D eigenvalue weighted by Crippen LogP contribution is 2.12. The van der Waals surface area contributed by atoms with Crippen LogP contribution in [0.1, 0.15) is 22.8 Å². The average Bonchev–Trinajstić information content (AvgIpc) is 2.48. The number of Topliss-reactive ketones (excluding diaryl/α,β-unsaturated/α-hetero) is 1. The Morgan fingerprint density at radius 3 is 2.14 bits per heavy atom. The van der Waals surface area contributed by atoms with Gasteiger partial charge in [-0.1, -0.05) is 48.0 Å². The van der Waals surface area contributed by atoms with Crippen molar-refractivity contribution in [3.63, 3.8) is 0 Å². The van der Waals surface area contributed by atoms with Gasteiger partial charge in [0.25, 0.3) is 0 Å². The van der Waals surface area contributed by atoms with Gasteiger partial charge in [-0.05, 0) is 19.1 Å². The molecule has 4 heteroatoms. The molecule has 0 fully saturated rings. The van der Waals surface area contributed by atoms with E-state index in [4.69, 9.17) is 0 Å². The molecule has 2 rings (SSSR count). The summed E-state index contributed by atoms with van der Waals surface area (Å²) < 4.78 is 0. The summed E-state index contributed by atoms with van der Waals surface area (Å²) in [5.41, 5.74) is 2.46. The highest BCUT2D eigenvalue weighted by Gasteiger charge is 2.20. The lowest BCUT2D eigenvalue weighted by Crippen LogP contribution is -2.45. The lowest BCUT2D eigenvalue weighted by atomic mass is 10.1. The Labute approximate surface area is 124 Å². The second-order valence-corrected chi connectivity index (χ2v) is 4.87. The molecule has 0 spiro atoms. The Bertz CT molecular complexity index is 621. The maximum absolute atomic E-state index is 12.5. The molecule has 4 nitrogen and oxygen atoms in total. The van der Waals surface area contributed by atoms with Gasteiger partial charge in [-0.25, -0.2) is 0 Å². The van der Waals surface area contributed by atoms with Gasteiger partial charge in [-0.15, -0.1) is 0 Å². The first kappa shape index (κ1) is 14.8. The third kappa shape index (κ3) is 4.18. The number of nitrogens with one attached hydrogen (secondary N) is 2. The number of carbonyl (C=O) groups is 2.